The average Bonchev–Trinajstić information content (AvgIpc) is 2.67. The lowest BCUT2D eigenvalue weighted by molar-refractivity contribution is 0.256. The molecule has 1 aromatic carbocycles. The predicted molar refractivity (Wildman–Crippen MR) is 82.1 cm³/mol. The van der Waals surface area contributed by atoms with E-state index in [1.807, 2.05) is 0 Å². The Morgan fingerprint density at radius 1 is 1.16 bits per heavy atom. The molecule has 1 aliphatic rings. The number of hydrogen-bond acceptors (Lipinski definition) is 2. The van der Waals surface area contributed by atoms with Gasteiger partial charge in [0.1, 0.15) is 0 Å². The van der Waals surface area contributed by atoms with Crippen LogP contribution in [0.3, 0.4) is 0 Å². The summed E-state index contributed by atoms with van der Waals surface area (Å²) in [6.45, 7) is 12.4. The second kappa shape index (κ2) is 6.53. The lowest BCUT2D eigenvalue weighted by atomic mass is 10.1. The molecule has 1 saturated heterocycles. The number of rotatable bonds is 5. The molecule has 0 bridgehead atoms. The first-order valence-electron chi connectivity index (χ1n) is 7.60. The predicted octanol–water partition coefficient (Wildman–Crippen LogP) is 3.41. The third-order valence-corrected chi connectivity index (χ3v) is 4.04. The molecule has 1 aromatic rings. The standard InChI is InChI=1S/C17H28N2/c1-13(2)18-10-16-5-7-17(8-6-16)12-19-11-14(3)9-15(19)4/h5-8,13-15,18H,9-12H2,1-4H3. The van der Waals surface area contributed by atoms with Crippen molar-refractivity contribution < 1.29 is 0 Å². The van der Waals surface area contributed by atoms with Gasteiger partial charge in [0.05, 0.1) is 0 Å². The lowest BCUT2D eigenvalue weighted by Gasteiger charge is -2.21. The van der Waals surface area contributed by atoms with Crippen LogP contribution in [-0.4, -0.2) is 23.5 Å². The molecule has 19 heavy (non-hydrogen) atoms. The summed E-state index contributed by atoms with van der Waals surface area (Å²) in [5.74, 6) is 0.851. The molecule has 0 aromatic heterocycles. The molecule has 0 spiro atoms. The van der Waals surface area contributed by atoms with E-state index in [2.05, 4.69) is 62.2 Å². The molecule has 0 saturated carbocycles. The van der Waals surface area contributed by atoms with Gasteiger partial charge in [0.25, 0.3) is 0 Å². The molecule has 0 amide bonds. The van der Waals surface area contributed by atoms with E-state index < -0.39 is 0 Å². The monoisotopic (exact) mass is 260 g/mol. The van der Waals surface area contributed by atoms with E-state index in [0.717, 1.165) is 25.0 Å². The van der Waals surface area contributed by atoms with Crippen molar-refractivity contribution >= 4 is 0 Å². The Morgan fingerprint density at radius 2 is 1.79 bits per heavy atom. The largest absolute Gasteiger partial charge is 0.310 e. The molecule has 2 atom stereocenters. The summed E-state index contributed by atoms with van der Waals surface area (Å²) in [7, 11) is 0. The average molecular weight is 260 g/mol. The molecule has 0 radical (unpaired) electrons. The maximum Gasteiger partial charge on any atom is 0.0236 e. The van der Waals surface area contributed by atoms with Gasteiger partial charge in [-0.15, -0.1) is 0 Å². The van der Waals surface area contributed by atoms with E-state index in [1.165, 1.54) is 24.1 Å². The van der Waals surface area contributed by atoms with E-state index >= 15 is 0 Å². The van der Waals surface area contributed by atoms with Crippen LogP contribution in [0.25, 0.3) is 0 Å². The topological polar surface area (TPSA) is 15.3 Å². The van der Waals surface area contributed by atoms with Crippen molar-refractivity contribution in [1.29, 1.82) is 0 Å². The molecule has 2 rings (SSSR count). The molecule has 0 aliphatic carbocycles. The first kappa shape index (κ1) is 14.5. The van der Waals surface area contributed by atoms with Gasteiger partial charge in [-0.3, -0.25) is 4.90 Å². The van der Waals surface area contributed by atoms with Crippen molar-refractivity contribution in [3.05, 3.63) is 35.4 Å². The molecule has 2 nitrogen and oxygen atoms in total. The van der Waals surface area contributed by atoms with Crippen LogP contribution in [0.1, 0.15) is 45.2 Å². The Kier molecular flexibility index (Phi) is 5.00. The Labute approximate surface area is 118 Å². The summed E-state index contributed by atoms with van der Waals surface area (Å²) in [6.07, 6.45) is 1.34. The van der Waals surface area contributed by atoms with Gasteiger partial charge in [-0.1, -0.05) is 45.0 Å². The number of nitrogens with one attached hydrogen (secondary N) is 1. The van der Waals surface area contributed by atoms with Crippen LogP contribution in [-0.2, 0) is 13.1 Å². The highest BCUT2D eigenvalue weighted by molar-refractivity contribution is 5.22. The van der Waals surface area contributed by atoms with Gasteiger partial charge in [-0.2, -0.15) is 0 Å². The van der Waals surface area contributed by atoms with Crippen molar-refractivity contribution in [2.24, 2.45) is 5.92 Å². The highest BCUT2D eigenvalue weighted by atomic mass is 15.2. The van der Waals surface area contributed by atoms with Crippen LogP contribution in [0.15, 0.2) is 24.3 Å². The highest BCUT2D eigenvalue weighted by Crippen LogP contribution is 2.24. The fourth-order valence-electron chi connectivity index (χ4n) is 2.93. The van der Waals surface area contributed by atoms with Crippen molar-refractivity contribution in [3.8, 4) is 0 Å². The first-order valence-corrected chi connectivity index (χ1v) is 7.60. The fraction of sp³-hybridized carbons (Fsp3) is 0.647. The number of benzene rings is 1. The third-order valence-electron chi connectivity index (χ3n) is 4.04. The second-order valence-electron chi connectivity index (χ2n) is 6.47. The zero-order valence-corrected chi connectivity index (χ0v) is 12.8. The molecule has 1 fully saturated rings. The number of likely N-dealkylation sites (tertiary alicyclic amines) is 1. The van der Waals surface area contributed by atoms with Crippen LogP contribution >= 0.6 is 0 Å². The molecule has 2 heteroatoms. The molecular formula is C17H28N2. The van der Waals surface area contributed by atoms with Crippen LogP contribution in [0.4, 0.5) is 0 Å². The summed E-state index contributed by atoms with van der Waals surface area (Å²) >= 11 is 0. The quantitative estimate of drug-likeness (QED) is 0.872. The van der Waals surface area contributed by atoms with E-state index in [1.54, 1.807) is 0 Å². The van der Waals surface area contributed by atoms with Gasteiger partial charge in [0.2, 0.25) is 0 Å². The van der Waals surface area contributed by atoms with Crippen LogP contribution < -0.4 is 5.32 Å². The summed E-state index contributed by atoms with van der Waals surface area (Å²) in [6, 6.07) is 10.4. The Hall–Kier alpha value is -0.860. The SMILES string of the molecule is CC1CC(C)N(Cc2ccc(CNC(C)C)cc2)C1. The van der Waals surface area contributed by atoms with Crippen molar-refractivity contribution in [3.63, 3.8) is 0 Å². The maximum atomic E-state index is 3.46. The Bertz CT molecular complexity index is 383. The van der Waals surface area contributed by atoms with Gasteiger partial charge < -0.3 is 5.32 Å². The van der Waals surface area contributed by atoms with Gasteiger partial charge in [-0.25, -0.2) is 0 Å². The summed E-state index contributed by atoms with van der Waals surface area (Å²) in [5, 5.41) is 3.46. The van der Waals surface area contributed by atoms with Crippen LogP contribution in [0, 0.1) is 5.92 Å². The Balaban J connectivity index is 1.88. The van der Waals surface area contributed by atoms with Gasteiger partial charge in [0, 0.05) is 31.7 Å². The smallest absolute Gasteiger partial charge is 0.0236 e. The molecule has 1 aliphatic heterocycles. The minimum absolute atomic E-state index is 0.548. The van der Waals surface area contributed by atoms with Crippen LogP contribution in [0.5, 0.6) is 0 Å². The maximum absolute atomic E-state index is 3.46. The Morgan fingerprint density at radius 3 is 2.32 bits per heavy atom. The minimum Gasteiger partial charge on any atom is -0.310 e. The second-order valence-corrected chi connectivity index (χ2v) is 6.47. The van der Waals surface area contributed by atoms with Crippen molar-refractivity contribution in [2.45, 2.75) is 59.3 Å². The van der Waals surface area contributed by atoms with Gasteiger partial charge in [0.15, 0.2) is 0 Å². The minimum atomic E-state index is 0.548. The van der Waals surface area contributed by atoms with Gasteiger partial charge >= 0.3 is 0 Å². The normalized spacial score (nSPS) is 24.3. The first-order chi connectivity index (χ1) is 9.04. The molecule has 2 unspecified atom stereocenters. The number of nitrogens with zero attached hydrogens (tertiary/aromatic N) is 1. The summed E-state index contributed by atoms with van der Waals surface area (Å²) < 4.78 is 0. The molecule has 1 N–H and O–H groups in total. The van der Waals surface area contributed by atoms with E-state index in [-0.39, 0.29) is 0 Å². The van der Waals surface area contributed by atoms with E-state index in [9.17, 15) is 0 Å². The van der Waals surface area contributed by atoms with Crippen molar-refractivity contribution in [1.82, 2.24) is 10.2 Å². The van der Waals surface area contributed by atoms with E-state index in [4.69, 9.17) is 0 Å². The van der Waals surface area contributed by atoms with Crippen LogP contribution in [0.2, 0.25) is 0 Å². The lowest BCUT2D eigenvalue weighted by Crippen LogP contribution is -2.26. The third kappa shape index (κ3) is 4.32. The fourth-order valence-corrected chi connectivity index (χ4v) is 2.93. The molecule has 106 valence electrons. The molecular weight excluding hydrogens is 232 g/mol. The summed E-state index contributed by atoms with van der Waals surface area (Å²) in [5.41, 5.74) is 2.81. The number of hydrogen-bond donors (Lipinski definition) is 1. The highest BCUT2D eigenvalue weighted by Gasteiger charge is 2.25. The zero-order valence-electron chi connectivity index (χ0n) is 12.8. The zero-order chi connectivity index (χ0) is 13.8. The summed E-state index contributed by atoms with van der Waals surface area (Å²) in [4.78, 5) is 2.60. The van der Waals surface area contributed by atoms with E-state index in [0.29, 0.717) is 6.04 Å². The molecule has 1 heterocycles. The van der Waals surface area contributed by atoms with Crippen molar-refractivity contribution in [2.75, 3.05) is 6.54 Å². The van der Waals surface area contributed by atoms with Gasteiger partial charge in [-0.05, 0) is 30.4 Å².